The molecule has 0 amide bonds. The van der Waals surface area contributed by atoms with E-state index < -0.39 is 0 Å². The van der Waals surface area contributed by atoms with Crippen molar-refractivity contribution < 1.29 is 4.74 Å². The fraction of sp³-hybridized carbons (Fsp3) is 1.00. The number of ether oxygens (including phenoxy) is 1. The first kappa shape index (κ1) is 16.0. The van der Waals surface area contributed by atoms with Crippen molar-refractivity contribution in [3.05, 3.63) is 0 Å². The van der Waals surface area contributed by atoms with Gasteiger partial charge in [-0.05, 0) is 39.2 Å². The topological polar surface area (TPSA) is 21.3 Å². The lowest BCUT2D eigenvalue weighted by molar-refractivity contribution is -0.0930. The lowest BCUT2D eigenvalue weighted by Gasteiger charge is -2.44. The molecule has 18 heavy (non-hydrogen) atoms. The molecule has 1 rings (SSSR count). The third-order valence-electron chi connectivity index (χ3n) is 4.84. The largest absolute Gasteiger partial charge is 0.374 e. The smallest absolute Gasteiger partial charge is 0.0834 e. The quantitative estimate of drug-likeness (QED) is 0.704. The Morgan fingerprint density at radius 3 is 2.11 bits per heavy atom. The number of nitrogens with one attached hydrogen (secondary N) is 1. The van der Waals surface area contributed by atoms with Gasteiger partial charge in [-0.3, -0.25) is 0 Å². The normalized spacial score (nSPS) is 21.2. The average molecular weight is 255 g/mol. The molecule has 1 fully saturated rings. The molecule has 0 bridgehead atoms. The van der Waals surface area contributed by atoms with Crippen molar-refractivity contribution in [1.82, 2.24) is 5.32 Å². The van der Waals surface area contributed by atoms with E-state index in [4.69, 9.17) is 4.74 Å². The van der Waals surface area contributed by atoms with Gasteiger partial charge in [0.05, 0.1) is 5.60 Å². The zero-order valence-electron chi connectivity index (χ0n) is 12.9. The average Bonchev–Trinajstić information content (AvgIpc) is 2.41. The maximum atomic E-state index is 6.25. The summed E-state index contributed by atoms with van der Waals surface area (Å²) < 4.78 is 6.25. The van der Waals surface area contributed by atoms with Crippen LogP contribution in [-0.4, -0.2) is 25.3 Å². The Balaban J connectivity index is 2.72. The van der Waals surface area contributed by atoms with Gasteiger partial charge in [0, 0.05) is 12.6 Å². The lowest BCUT2D eigenvalue weighted by atomic mass is 9.75. The highest BCUT2D eigenvalue weighted by Gasteiger charge is 2.40. The van der Waals surface area contributed by atoms with Crippen molar-refractivity contribution in [3.63, 3.8) is 0 Å². The van der Waals surface area contributed by atoms with Crippen LogP contribution in [0.3, 0.4) is 0 Å². The zero-order valence-corrected chi connectivity index (χ0v) is 12.9. The Bertz CT molecular complexity index is 202. The fourth-order valence-corrected chi connectivity index (χ4v) is 3.58. The molecular weight excluding hydrogens is 222 g/mol. The van der Waals surface area contributed by atoms with Crippen molar-refractivity contribution in [3.8, 4) is 0 Å². The highest BCUT2D eigenvalue weighted by molar-refractivity contribution is 4.95. The van der Waals surface area contributed by atoms with E-state index in [0.29, 0.717) is 6.04 Å². The predicted octanol–water partition coefficient (Wildman–Crippen LogP) is 4.14. The third kappa shape index (κ3) is 3.96. The summed E-state index contributed by atoms with van der Waals surface area (Å²) in [6.45, 7) is 7.62. The summed E-state index contributed by atoms with van der Waals surface area (Å²) in [5, 5.41) is 3.57. The van der Waals surface area contributed by atoms with Crippen LogP contribution in [0.2, 0.25) is 0 Å². The van der Waals surface area contributed by atoms with Crippen LogP contribution in [-0.2, 0) is 4.74 Å². The molecular formula is C16H33NO. The molecule has 0 saturated heterocycles. The second-order valence-corrected chi connectivity index (χ2v) is 5.82. The first-order valence-corrected chi connectivity index (χ1v) is 8.03. The fourth-order valence-electron chi connectivity index (χ4n) is 3.58. The molecule has 1 aliphatic rings. The highest BCUT2D eigenvalue weighted by atomic mass is 16.5. The number of rotatable bonds is 8. The Morgan fingerprint density at radius 2 is 1.67 bits per heavy atom. The van der Waals surface area contributed by atoms with E-state index in [0.717, 1.165) is 12.5 Å². The van der Waals surface area contributed by atoms with E-state index >= 15 is 0 Å². The lowest BCUT2D eigenvalue weighted by Crippen LogP contribution is -2.53. The molecule has 0 radical (unpaired) electrons. The van der Waals surface area contributed by atoms with Gasteiger partial charge >= 0.3 is 0 Å². The van der Waals surface area contributed by atoms with E-state index in [1.54, 1.807) is 0 Å². The van der Waals surface area contributed by atoms with Crippen LogP contribution < -0.4 is 5.32 Å². The molecule has 1 aliphatic carbocycles. The van der Waals surface area contributed by atoms with Gasteiger partial charge in [-0.1, -0.05) is 46.0 Å². The summed E-state index contributed by atoms with van der Waals surface area (Å²) >= 11 is 0. The zero-order chi connectivity index (χ0) is 13.4. The van der Waals surface area contributed by atoms with Gasteiger partial charge in [0.25, 0.3) is 0 Å². The first-order valence-electron chi connectivity index (χ1n) is 8.03. The summed E-state index contributed by atoms with van der Waals surface area (Å²) in [7, 11) is 2.11. The maximum absolute atomic E-state index is 6.25. The summed E-state index contributed by atoms with van der Waals surface area (Å²) in [4.78, 5) is 0. The molecule has 0 aliphatic heterocycles. The summed E-state index contributed by atoms with van der Waals surface area (Å²) in [5.41, 5.74) is 0.115. The number of hydrogen-bond acceptors (Lipinski definition) is 2. The van der Waals surface area contributed by atoms with Gasteiger partial charge in [-0.2, -0.15) is 0 Å². The van der Waals surface area contributed by atoms with E-state index in [1.807, 2.05) is 0 Å². The van der Waals surface area contributed by atoms with E-state index in [9.17, 15) is 0 Å². The van der Waals surface area contributed by atoms with Crippen molar-refractivity contribution >= 4 is 0 Å². The molecule has 1 saturated carbocycles. The molecule has 1 unspecified atom stereocenters. The minimum atomic E-state index is 0.115. The van der Waals surface area contributed by atoms with E-state index in [2.05, 4.69) is 33.1 Å². The SMILES string of the molecule is CCOC1(C(CC(CC)CC)NC)CCCCC1. The van der Waals surface area contributed by atoms with Crippen molar-refractivity contribution in [2.45, 2.75) is 83.8 Å². The van der Waals surface area contributed by atoms with Gasteiger partial charge in [-0.15, -0.1) is 0 Å². The molecule has 2 nitrogen and oxygen atoms in total. The minimum Gasteiger partial charge on any atom is -0.374 e. The van der Waals surface area contributed by atoms with Crippen LogP contribution in [0.5, 0.6) is 0 Å². The second kappa shape index (κ2) is 8.16. The third-order valence-corrected chi connectivity index (χ3v) is 4.84. The first-order chi connectivity index (χ1) is 8.72. The van der Waals surface area contributed by atoms with Crippen molar-refractivity contribution in [2.75, 3.05) is 13.7 Å². The number of likely N-dealkylation sites (N-methyl/N-ethyl adjacent to an activating group) is 1. The minimum absolute atomic E-state index is 0.115. The molecule has 0 heterocycles. The Hall–Kier alpha value is -0.0800. The van der Waals surface area contributed by atoms with Gasteiger partial charge in [0.2, 0.25) is 0 Å². The van der Waals surface area contributed by atoms with Gasteiger partial charge in [-0.25, -0.2) is 0 Å². The summed E-state index contributed by atoms with van der Waals surface area (Å²) in [6.07, 6.45) is 10.4. The molecule has 1 N–H and O–H groups in total. The molecule has 0 aromatic rings. The Kier molecular flexibility index (Phi) is 7.25. The standard InChI is InChI=1S/C16H33NO/c1-5-14(6-2)13-15(17-4)16(18-7-3)11-9-8-10-12-16/h14-15,17H,5-13H2,1-4H3. The van der Waals surface area contributed by atoms with Crippen LogP contribution in [0.1, 0.15) is 72.1 Å². The van der Waals surface area contributed by atoms with Crippen molar-refractivity contribution in [2.24, 2.45) is 5.92 Å². The molecule has 2 heteroatoms. The summed E-state index contributed by atoms with van der Waals surface area (Å²) in [5.74, 6) is 0.835. The van der Waals surface area contributed by atoms with Gasteiger partial charge in [0.1, 0.15) is 0 Å². The van der Waals surface area contributed by atoms with Crippen LogP contribution in [0, 0.1) is 5.92 Å². The van der Waals surface area contributed by atoms with E-state index in [-0.39, 0.29) is 5.60 Å². The molecule has 1 atom stereocenters. The Morgan fingerprint density at radius 1 is 1.06 bits per heavy atom. The van der Waals surface area contributed by atoms with E-state index in [1.165, 1.54) is 51.4 Å². The molecule has 108 valence electrons. The van der Waals surface area contributed by atoms with Crippen molar-refractivity contribution in [1.29, 1.82) is 0 Å². The van der Waals surface area contributed by atoms with Gasteiger partial charge < -0.3 is 10.1 Å². The molecule has 0 aromatic carbocycles. The monoisotopic (exact) mass is 255 g/mol. The number of hydrogen-bond donors (Lipinski definition) is 1. The van der Waals surface area contributed by atoms with Crippen LogP contribution in [0.4, 0.5) is 0 Å². The van der Waals surface area contributed by atoms with Crippen LogP contribution in [0.25, 0.3) is 0 Å². The molecule has 0 aromatic heterocycles. The summed E-state index contributed by atoms with van der Waals surface area (Å²) in [6, 6.07) is 0.530. The van der Waals surface area contributed by atoms with Gasteiger partial charge in [0.15, 0.2) is 0 Å². The highest BCUT2D eigenvalue weighted by Crippen LogP contribution is 2.37. The second-order valence-electron chi connectivity index (χ2n) is 5.82. The Labute approximate surface area is 114 Å². The maximum Gasteiger partial charge on any atom is 0.0834 e. The molecule has 0 spiro atoms. The van der Waals surface area contributed by atoms with Crippen LogP contribution >= 0.6 is 0 Å². The van der Waals surface area contributed by atoms with Crippen LogP contribution in [0.15, 0.2) is 0 Å². The predicted molar refractivity (Wildman–Crippen MR) is 79.0 cm³/mol.